The summed E-state index contributed by atoms with van der Waals surface area (Å²) in [6.07, 6.45) is 4.77. The summed E-state index contributed by atoms with van der Waals surface area (Å²) in [5.41, 5.74) is 5.16. The fraction of sp³-hybridized carbons (Fsp3) is 0.812. The third-order valence-corrected chi connectivity index (χ3v) is 5.46. The highest BCUT2D eigenvalue weighted by molar-refractivity contribution is 6.09. The van der Waals surface area contributed by atoms with Crippen LogP contribution in [-0.2, 0) is 9.59 Å². The normalized spacial score (nSPS) is 32.9. The monoisotopic (exact) mass is 322 g/mol. The molecule has 2 aliphatic heterocycles. The van der Waals surface area contributed by atoms with Gasteiger partial charge in [0.1, 0.15) is 12.1 Å². The molecule has 0 aromatic heterocycles. The van der Waals surface area contributed by atoms with Gasteiger partial charge < -0.3 is 16.0 Å². The van der Waals surface area contributed by atoms with Crippen LogP contribution in [0.25, 0.3) is 0 Å². The topological polar surface area (TPSA) is 95.7 Å². The maximum Gasteiger partial charge on any atom is 0.325 e. The highest BCUT2D eigenvalue weighted by atomic mass is 16.2. The number of carbonyl (C=O) groups is 3. The van der Waals surface area contributed by atoms with E-state index in [1.54, 1.807) is 11.8 Å². The number of hydrogen-bond donors (Lipinski definition) is 2. The average Bonchev–Trinajstić information content (AvgIpc) is 3.33. The first-order valence-electron chi connectivity index (χ1n) is 8.53. The molecular formula is C16H26N4O3. The van der Waals surface area contributed by atoms with Gasteiger partial charge in [0, 0.05) is 18.6 Å². The van der Waals surface area contributed by atoms with Crippen LogP contribution in [0.2, 0.25) is 0 Å². The van der Waals surface area contributed by atoms with E-state index >= 15 is 0 Å². The van der Waals surface area contributed by atoms with Gasteiger partial charge in [0.15, 0.2) is 0 Å². The van der Waals surface area contributed by atoms with Gasteiger partial charge in [-0.2, -0.15) is 0 Å². The molecule has 2 saturated heterocycles. The van der Waals surface area contributed by atoms with E-state index in [0.717, 1.165) is 37.0 Å². The van der Waals surface area contributed by atoms with Crippen LogP contribution in [0.5, 0.6) is 0 Å². The Balaban J connectivity index is 1.69. The van der Waals surface area contributed by atoms with E-state index in [9.17, 15) is 14.4 Å². The number of piperidine rings is 1. The molecule has 128 valence electrons. The molecule has 23 heavy (non-hydrogen) atoms. The molecule has 7 nitrogen and oxygen atoms in total. The van der Waals surface area contributed by atoms with Crippen molar-refractivity contribution in [2.75, 3.05) is 13.1 Å². The van der Waals surface area contributed by atoms with Crippen LogP contribution < -0.4 is 11.1 Å². The third kappa shape index (κ3) is 2.82. The van der Waals surface area contributed by atoms with Gasteiger partial charge in [0.05, 0.1) is 0 Å². The molecule has 3 N–H and O–H groups in total. The Labute approximate surface area is 136 Å². The van der Waals surface area contributed by atoms with Gasteiger partial charge in [-0.15, -0.1) is 0 Å². The van der Waals surface area contributed by atoms with Crippen molar-refractivity contribution in [1.82, 2.24) is 15.1 Å². The van der Waals surface area contributed by atoms with E-state index in [0.29, 0.717) is 6.54 Å². The Bertz CT molecular complexity index is 531. The van der Waals surface area contributed by atoms with Gasteiger partial charge in [-0.3, -0.25) is 14.5 Å². The minimum Gasteiger partial charge on any atom is -0.337 e. The fourth-order valence-electron chi connectivity index (χ4n) is 3.84. The van der Waals surface area contributed by atoms with E-state index in [4.69, 9.17) is 5.73 Å². The highest BCUT2D eigenvalue weighted by Gasteiger charge is 2.56. The van der Waals surface area contributed by atoms with Crippen LogP contribution in [-0.4, -0.2) is 58.4 Å². The van der Waals surface area contributed by atoms with Gasteiger partial charge in [0.25, 0.3) is 5.91 Å². The zero-order valence-corrected chi connectivity index (χ0v) is 13.9. The number of rotatable bonds is 4. The van der Waals surface area contributed by atoms with E-state index in [2.05, 4.69) is 5.32 Å². The molecular weight excluding hydrogens is 296 g/mol. The molecule has 7 heteroatoms. The lowest BCUT2D eigenvalue weighted by Gasteiger charge is -2.38. The molecule has 0 aromatic carbocycles. The van der Waals surface area contributed by atoms with Gasteiger partial charge >= 0.3 is 6.03 Å². The second-order valence-corrected chi connectivity index (χ2v) is 7.31. The lowest BCUT2D eigenvalue weighted by molar-refractivity contribution is -0.141. The van der Waals surface area contributed by atoms with Crippen LogP contribution in [0.1, 0.15) is 46.0 Å². The van der Waals surface area contributed by atoms with Crippen molar-refractivity contribution < 1.29 is 14.4 Å². The number of amides is 4. The van der Waals surface area contributed by atoms with Crippen LogP contribution in [0.3, 0.4) is 0 Å². The van der Waals surface area contributed by atoms with Crippen molar-refractivity contribution in [2.24, 2.45) is 11.7 Å². The van der Waals surface area contributed by atoms with E-state index in [1.807, 2.05) is 6.92 Å². The van der Waals surface area contributed by atoms with Crippen molar-refractivity contribution in [2.45, 2.75) is 63.6 Å². The molecule has 1 saturated carbocycles. The number of hydrogen-bond acceptors (Lipinski definition) is 4. The Morgan fingerprint density at radius 2 is 2.04 bits per heavy atom. The molecule has 0 aromatic rings. The first-order chi connectivity index (χ1) is 10.8. The molecule has 3 aliphatic rings. The minimum atomic E-state index is -0.834. The smallest absolute Gasteiger partial charge is 0.325 e. The molecule has 1 aliphatic carbocycles. The van der Waals surface area contributed by atoms with Gasteiger partial charge in [-0.05, 0) is 51.9 Å². The lowest BCUT2D eigenvalue weighted by Crippen LogP contribution is -2.54. The second kappa shape index (κ2) is 5.78. The second-order valence-electron chi connectivity index (χ2n) is 7.31. The zero-order valence-electron chi connectivity index (χ0n) is 13.9. The number of carbonyl (C=O) groups excluding carboxylic acids is 3. The standard InChI is InChI=1S/C16H26N4O3/c1-10(17)12-5-3-4-8-19(12)13(21)9-20-14(22)16(2,11-6-7-11)18-15(20)23/h10-12H,3-9,17H2,1-2H3,(H,18,23). The average molecular weight is 322 g/mol. The van der Waals surface area contributed by atoms with Crippen LogP contribution in [0.15, 0.2) is 0 Å². The number of urea groups is 1. The summed E-state index contributed by atoms with van der Waals surface area (Å²) in [7, 11) is 0. The van der Waals surface area contributed by atoms with Crippen LogP contribution in [0.4, 0.5) is 4.79 Å². The SMILES string of the molecule is CC(N)C1CCCCN1C(=O)CN1C(=O)NC(C)(C2CC2)C1=O. The summed E-state index contributed by atoms with van der Waals surface area (Å²) >= 11 is 0. The van der Waals surface area contributed by atoms with E-state index in [-0.39, 0.29) is 36.4 Å². The largest absolute Gasteiger partial charge is 0.337 e. The Hall–Kier alpha value is -1.63. The molecule has 0 spiro atoms. The minimum absolute atomic E-state index is 0.00756. The van der Waals surface area contributed by atoms with Gasteiger partial charge in [-0.25, -0.2) is 4.79 Å². The van der Waals surface area contributed by atoms with Crippen molar-refractivity contribution in [3.63, 3.8) is 0 Å². The summed E-state index contributed by atoms with van der Waals surface area (Å²) in [6.45, 7) is 4.12. The van der Waals surface area contributed by atoms with Crippen LogP contribution in [0, 0.1) is 5.92 Å². The number of likely N-dealkylation sites (tertiary alicyclic amines) is 1. The highest BCUT2D eigenvalue weighted by Crippen LogP contribution is 2.42. The predicted molar refractivity (Wildman–Crippen MR) is 84.4 cm³/mol. The third-order valence-electron chi connectivity index (χ3n) is 5.46. The molecule has 0 bridgehead atoms. The number of nitrogens with zero attached hydrogens (tertiary/aromatic N) is 2. The van der Waals surface area contributed by atoms with Crippen molar-refractivity contribution in [3.8, 4) is 0 Å². The quantitative estimate of drug-likeness (QED) is 0.734. The van der Waals surface area contributed by atoms with Crippen molar-refractivity contribution >= 4 is 17.8 Å². The maximum absolute atomic E-state index is 12.7. The molecule has 3 fully saturated rings. The number of nitrogens with one attached hydrogen (secondary N) is 1. The summed E-state index contributed by atoms with van der Waals surface area (Å²) in [4.78, 5) is 40.2. The summed E-state index contributed by atoms with van der Waals surface area (Å²) in [5.74, 6) is -0.255. The molecule has 3 atom stereocenters. The predicted octanol–water partition coefficient (Wildman–Crippen LogP) is 0.435. The number of imide groups is 1. The maximum atomic E-state index is 12.7. The van der Waals surface area contributed by atoms with Gasteiger partial charge in [-0.1, -0.05) is 0 Å². The molecule has 3 rings (SSSR count). The Kier molecular flexibility index (Phi) is 4.08. The lowest BCUT2D eigenvalue weighted by atomic mass is 9.96. The van der Waals surface area contributed by atoms with Gasteiger partial charge in [0.2, 0.25) is 5.91 Å². The molecule has 0 radical (unpaired) electrons. The first kappa shape index (κ1) is 16.2. The van der Waals surface area contributed by atoms with Crippen LogP contribution >= 0.6 is 0 Å². The fourth-order valence-corrected chi connectivity index (χ4v) is 3.84. The molecule has 4 amide bonds. The van der Waals surface area contributed by atoms with Crippen molar-refractivity contribution in [3.05, 3.63) is 0 Å². The van der Waals surface area contributed by atoms with E-state index in [1.165, 1.54) is 0 Å². The first-order valence-corrected chi connectivity index (χ1v) is 8.53. The number of nitrogens with two attached hydrogens (primary N) is 1. The Morgan fingerprint density at radius 1 is 1.35 bits per heavy atom. The van der Waals surface area contributed by atoms with Crippen molar-refractivity contribution in [1.29, 1.82) is 0 Å². The summed E-state index contributed by atoms with van der Waals surface area (Å²) < 4.78 is 0. The van der Waals surface area contributed by atoms with E-state index < -0.39 is 11.6 Å². The summed E-state index contributed by atoms with van der Waals surface area (Å²) in [5, 5.41) is 2.78. The Morgan fingerprint density at radius 3 is 2.65 bits per heavy atom. The summed E-state index contributed by atoms with van der Waals surface area (Å²) in [6, 6.07) is -0.571. The molecule has 2 heterocycles. The molecule has 3 unspecified atom stereocenters. The zero-order chi connectivity index (χ0) is 16.8.